The van der Waals surface area contributed by atoms with Crippen LogP contribution in [-0.2, 0) is 6.54 Å². The summed E-state index contributed by atoms with van der Waals surface area (Å²) in [6, 6.07) is 11.9. The Bertz CT molecular complexity index is 624. The van der Waals surface area contributed by atoms with Crippen LogP contribution in [0.1, 0.15) is 32.3 Å². The van der Waals surface area contributed by atoms with Crippen molar-refractivity contribution in [1.82, 2.24) is 4.57 Å². The first-order chi connectivity index (χ1) is 9.04. The third-order valence-corrected chi connectivity index (χ3v) is 3.39. The molecule has 0 fully saturated rings. The second-order valence-electron chi connectivity index (χ2n) is 5.00. The van der Waals surface area contributed by atoms with E-state index in [2.05, 4.69) is 38.1 Å². The van der Waals surface area contributed by atoms with Crippen molar-refractivity contribution in [2.75, 3.05) is 5.73 Å². The van der Waals surface area contributed by atoms with Crippen LogP contribution in [0.15, 0.2) is 41.2 Å². The van der Waals surface area contributed by atoms with Gasteiger partial charge >= 0.3 is 0 Å². The van der Waals surface area contributed by atoms with Gasteiger partial charge in [-0.3, -0.25) is 4.79 Å². The maximum Gasteiger partial charge on any atom is 0.274 e. The van der Waals surface area contributed by atoms with Gasteiger partial charge in [-0.25, -0.2) is 0 Å². The molecule has 2 N–H and O–H groups in total. The number of aromatic nitrogens is 1. The molecule has 0 radical (unpaired) electrons. The highest BCUT2D eigenvalue weighted by molar-refractivity contribution is 5.62. The predicted octanol–water partition coefficient (Wildman–Crippen LogP) is 3.24. The molecule has 3 heteroatoms. The van der Waals surface area contributed by atoms with Gasteiger partial charge in [0.1, 0.15) is 0 Å². The Labute approximate surface area is 113 Å². The molecule has 0 saturated heterocycles. The molecule has 0 spiro atoms. The fourth-order valence-corrected chi connectivity index (χ4v) is 2.20. The minimum absolute atomic E-state index is 0.118. The van der Waals surface area contributed by atoms with Crippen molar-refractivity contribution in [3.8, 4) is 11.3 Å². The molecule has 1 aromatic heterocycles. The third-order valence-electron chi connectivity index (χ3n) is 3.39. The summed E-state index contributed by atoms with van der Waals surface area (Å²) in [5.41, 5.74) is 9.11. The number of hydrogen-bond acceptors (Lipinski definition) is 2. The number of rotatable bonds is 3. The number of nitrogen functional groups attached to an aromatic ring is 1. The summed E-state index contributed by atoms with van der Waals surface area (Å²) in [5, 5.41) is 0. The lowest BCUT2D eigenvalue weighted by Crippen LogP contribution is -2.23. The molecule has 19 heavy (non-hydrogen) atoms. The van der Waals surface area contributed by atoms with Gasteiger partial charge in [0.2, 0.25) is 0 Å². The van der Waals surface area contributed by atoms with Crippen molar-refractivity contribution in [3.63, 3.8) is 0 Å². The van der Waals surface area contributed by atoms with Gasteiger partial charge in [0.05, 0.1) is 11.4 Å². The zero-order valence-corrected chi connectivity index (χ0v) is 11.7. The Kier molecular flexibility index (Phi) is 3.74. The third kappa shape index (κ3) is 2.55. The molecule has 0 aliphatic carbocycles. The van der Waals surface area contributed by atoms with E-state index in [-0.39, 0.29) is 5.56 Å². The molecule has 1 aromatic carbocycles. The number of hydrogen-bond donors (Lipinski definition) is 1. The van der Waals surface area contributed by atoms with Crippen LogP contribution in [0.3, 0.4) is 0 Å². The van der Waals surface area contributed by atoms with Crippen LogP contribution in [0.5, 0.6) is 0 Å². The van der Waals surface area contributed by atoms with Crippen LogP contribution in [0.25, 0.3) is 11.3 Å². The quantitative estimate of drug-likeness (QED) is 0.916. The second kappa shape index (κ2) is 5.31. The van der Waals surface area contributed by atoms with Crippen LogP contribution in [0, 0.1) is 0 Å². The normalized spacial score (nSPS) is 10.9. The van der Waals surface area contributed by atoms with E-state index in [1.165, 1.54) is 5.56 Å². The highest BCUT2D eigenvalue weighted by atomic mass is 16.1. The van der Waals surface area contributed by atoms with Gasteiger partial charge in [-0.15, -0.1) is 0 Å². The van der Waals surface area contributed by atoms with Gasteiger partial charge in [0.15, 0.2) is 0 Å². The maximum atomic E-state index is 12.0. The van der Waals surface area contributed by atoms with Gasteiger partial charge in [0, 0.05) is 6.54 Å². The summed E-state index contributed by atoms with van der Waals surface area (Å²) < 4.78 is 1.71. The average molecular weight is 256 g/mol. The smallest absolute Gasteiger partial charge is 0.274 e. The van der Waals surface area contributed by atoms with E-state index in [1.54, 1.807) is 10.6 Å². The number of benzene rings is 1. The molecule has 0 aliphatic heterocycles. The van der Waals surface area contributed by atoms with E-state index in [4.69, 9.17) is 5.73 Å². The highest BCUT2D eigenvalue weighted by Gasteiger charge is 2.08. The van der Waals surface area contributed by atoms with Crippen molar-refractivity contribution in [2.45, 2.75) is 33.2 Å². The first kappa shape index (κ1) is 13.4. The molecule has 1 heterocycles. The van der Waals surface area contributed by atoms with Crippen LogP contribution >= 0.6 is 0 Å². The van der Waals surface area contributed by atoms with Crippen LogP contribution in [-0.4, -0.2) is 4.57 Å². The van der Waals surface area contributed by atoms with E-state index in [0.29, 0.717) is 18.2 Å². The van der Waals surface area contributed by atoms with E-state index in [1.807, 2.05) is 13.0 Å². The fourth-order valence-electron chi connectivity index (χ4n) is 2.20. The lowest BCUT2D eigenvalue weighted by atomic mass is 10.0. The second-order valence-corrected chi connectivity index (χ2v) is 5.00. The zero-order chi connectivity index (χ0) is 14.0. The lowest BCUT2D eigenvalue weighted by Gasteiger charge is -2.13. The lowest BCUT2D eigenvalue weighted by molar-refractivity contribution is 0.738. The number of nitrogens with zero attached hydrogens (tertiary/aromatic N) is 1. The molecule has 3 nitrogen and oxygen atoms in total. The van der Waals surface area contributed by atoms with Crippen molar-refractivity contribution in [2.24, 2.45) is 0 Å². The monoisotopic (exact) mass is 256 g/mol. The minimum Gasteiger partial charge on any atom is -0.394 e. The molecule has 0 bridgehead atoms. The molecule has 0 unspecified atom stereocenters. The number of pyridine rings is 1. The van der Waals surface area contributed by atoms with Crippen molar-refractivity contribution < 1.29 is 0 Å². The molecule has 0 amide bonds. The van der Waals surface area contributed by atoms with Gasteiger partial charge in [-0.05, 0) is 36.1 Å². The fraction of sp³-hybridized carbons (Fsp3) is 0.312. The van der Waals surface area contributed by atoms with E-state index in [0.717, 1.165) is 11.3 Å². The average Bonchev–Trinajstić information content (AvgIpc) is 2.41. The van der Waals surface area contributed by atoms with Crippen molar-refractivity contribution in [1.29, 1.82) is 0 Å². The first-order valence-electron chi connectivity index (χ1n) is 6.64. The maximum absolute atomic E-state index is 12.0. The molecular formula is C16H20N2O. The number of anilines is 1. The summed E-state index contributed by atoms with van der Waals surface area (Å²) in [5.74, 6) is 0.508. The molecule has 0 atom stereocenters. The predicted molar refractivity (Wildman–Crippen MR) is 80.3 cm³/mol. The Hall–Kier alpha value is -2.03. The molecular weight excluding hydrogens is 236 g/mol. The minimum atomic E-state index is -0.118. The first-order valence-corrected chi connectivity index (χ1v) is 6.64. The summed E-state index contributed by atoms with van der Waals surface area (Å²) in [6.07, 6.45) is 0. The van der Waals surface area contributed by atoms with Crippen LogP contribution in [0.4, 0.5) is 5.69 Å². The Balaban J connectivity index is 2.53. The van der Waals surface area contributed by atoms with Crippen molar-refractivity contribution in [3.05, 3.63) is 52.3 Å². The Morgan fingerprint density at radius 3 is 2.26 bits per heavy atom. The largest absolute Gasteiger partial charge is 0.394 e. The molecule has 0 aliphatic rings. The summed E-state index contributed by atoms with van der Waals surface area (Å²) in [6.45, 7) is 6.90. The van der Waals surface area contributed by atoms with Gasteiger partial charge in [-0.1, -0.05) is 38.1 Å². The standard InChI is InChI=1S/C16H20N2O/c1-4-18-15(10-9-14(17)16(18)19)13-7-5-12(6-8-13)11(2)3/h5-11H,4,17H2,1-3H3. The molecule has 2 aromatic rings. The Morgan fingerprint density at radius 1 is 1.11 bits per heavy atom. The summed E-state index contributed by atoms with van der Waals surface area (Å²) >= 11 is 0. The summed E-state index contributed by atoms with van der Waals surface area (Å²) in [4.78, 5) is 12.0. The van der Waals surface area contributed by atoms with Gasteiger partial charge < -0.3 is 10.3 Å². The SMILES string of the molecule is CCn1c(-c2ccc(C(C)C)cc2)ccc(N)c1=O. The summed E-state index contributed by atoms with van der Waals surface area (Å²) in [7, 11) is 0. The molecule has 100 valence electrons. The van der Waals surface area contributed by atoms with Crippen molar-refractivity contribution >= 4 is 5.69 Å². The Morgan fingerprint density at radius 2 is 1.74 bits per heavy atom. The van der Waals surface area contributed by atoms with E-state index in [9.17, 15) is 4.79 Å². The molecule has 2 rings (SSSR count). The van der Waals surface area contributed by atoms with Gasteiger partial charge in [0.25, 0.3) is 5.56 Å². The highest BCUT2D eigenvalue weighted by Crippen LogP contribution is 2.22. The van der Waals surface area contributed by atoms with Crippen LogP contribution < -0.4 is 11.3 Å². The van der Waals surface area contributed by atoms with E-state index >= 15 is 0 Å². The number of nitrogens with two attached hydrogens (primary N) is 1. The topological polar surface area (TPSA) is 48.0 Å². The van der Waals surface area contributed by atoms with Gasteiger partial charge in [-0.2, -0.15) is 0 Å². The molecule has 0 saturated carbocycles. The zero-order valence-electron chi connectivity index (χ0n) is 11.7. The van der Waals surface area contributed by atoms with E-state index < -0.39 is 0 Å². The van der Waals surface area contributed by atoms with Crippen LogP contribution in [0.2, 0.25) is 0 Å².